The lowest BCUT2D eigenvalue weighted by Crippen LogP contribution is -2.24. The van der Waals surface area contributed by atoms with Gasteiger partial charge in [0.05, 0.1) is 6.10 Å². The van der Waals surface area contributed by atoms with Crippen LogP contribution in [-0.4, -0.2) is 11.2 Å². The van der Waals surface area contributed by atoms with Gasteiger partial charge in [-0.05, 0) is 36.8 Å². The average molecular weight is 230 g/mol. The molecule has 92 valence electrons. The Morgan fingerprint density at radius 3 is 2.41 bits per heavy atom. The van der Waals surface area contributed by atoms with Crippen LogP contribution < -0.4 is 0 Å². The number of benzene rings is 1. The molecule has 1 N–H and O–H groups in total. The molecule has 1 nitrogen and oxygen atoms in total. The smallest absolute Gasteiger partial charge is 0.0820 e. The summed E-state index contributed by atoms with van der Waals surface area (Å²) in [6.07, 6.45) is 7.99. The highest BCUT2D eigenvalue weighted by molar-refractivity contribution is 5.68. The van der Waals surface area contributed by atoms with Crippen molar-refractivity contribution in [1.82, 2.24) is 0 Å². The van der Waals surface area contributed by atoms with Gasteiger partial charge < -0.3 is 5.11 Å². The molecule has 0 spiro atoms. The van der Waals surface area contributed by atoms with Crippen molar-refractivity contribution in [3.63, 3.8) is 0 Å². The highest BCUT2D eigenvalue weighted by Gasteiger charge is 2.24. The van der Waals surface area contributed by atoms with Gasteiger partial charge in [0, 0.05) is 0 Å². The van der Waals surface area contributed by atoms with Crippen LogP contribution in [0.1, 0.15) is 44.6 Å². The number of hydrogen-bond acceptors (Lipinski definition) is 1. The summed E-state index contributed by atoms with van der Waals surface area (Å²) in [4.78, 5) is 0. The Kier molecular flexibility index (Phi) is 4.38. The maximum absolute atomic E-state index is 10.5. The van der Waals surface area contributed by atoms with Gasteiger partial charge in [0.1, 0.15) is 0 Å². The molecule has 1 unspecified atom stereocenters. The van der Waals surface area contributed by atoms with Gasteiger partial charge in [-0.1, -0.05) is 55.7 Å². The van der Waals surface area contributed by atoms with Crippen LogP contribution in [0.5, 0.6) is 0 Å². The van der Waals surface area contributed by atoms with Crippen molar-refractivity contribution in [3.05, 3.63) is 42.0 Å². The van der Waals surface area contributed by atoms with Gasteiger partial charge in [-0.15, -0.1) is 0 Å². The molecule has 1 saturated carbocycles. The SMILES string of the molecule is C/C=C(\c1ccccc1)C(O)C1CCCCC1. The summed E-state index contributed by atoms with van der Waals surface area (Å²) in [6.45, 7) is 2.02. The lowest BCUT2D eigenvalue weighted by molar-refractivity contribution is 0.133. The van der Waals surface area contributed by atoms with Crippen molar-refractivity contribution in [2.45, 2.75) is 45.1 Å². The monoisotopic (exact) mass is 230 g/mol. The largest absolute Gasteiger partial charge is 0.388 e. The van der Waals surface area contributed by atoms with E-state index in [9.17, 15) is 5.11 Å². The maximum Gasteiger partial charge on any atom is 0.0820 e. The van der Waals surface area contributed by atoms with Crippen LogP contribution in [0, 0.1) is 5.92 Å². The van der Waals surface area contributed by atoms with Crippen molar-refractivity contribution in [3.8, 4) is 0 Å². The fourth-order valence-corrected chi connectivity index (χ4v) is 2.84. The summed E-state index contributed by atoms with van der Waals surface area (Å²) in [5.41, 5.74) is 2.26. The Morgan fingerprint density at radius 2 is 1.82 bits per heavy atom. The third-order valence-electron chi connectivity index (χ3n) is 3.83. The zero-order chi connectivity index (χ0) is 12.1. The van der Waals surface area contributed by atoms with Crippen molar-refractivity contribution in [2.24, 2.45) is 5.92 Å². The molecule has 2 rings (SSSR count). The van der Waals surface area contributed by atoms with E-state index in [2.05, 4.69) is 18.2 Å². The van der Waals surface area contributed by atoms with Gasteiger partial charge in [0.15, 0.2) is 0 Å². The average Bonchev–Trinajstić information content (AvgIpc) is 2.42. The van der Waals surface area contributed by atoms with Crippen molar-refractivity contribution >= 4 is 5.57 Å². The maximum atomic E-state index is 10.5. The second kappa shape index (κ2) is 6.02. The molecule has 1 aromatic rings. The number of aliphatic hydroxyl groups excluding tert-OH is 1. The summed E-state index contributed by atoms with van der Waals surface area (Å²) in [6, 6.07) is 10.3. The van der Waals surface area contributed by atoms with Gasteiger partial charge in [0.25, 0.3) is 0 Å². The number of rotatable bonds is 3. The first-order valence-corrected chi connectivity index (χ1v) is 6.72. The van der Waals surface area contributed by atoms with Gasteiger partial charge in [-0.3, -0.25) is 0 Å². The van der Waals surface area contributed by atoms with Crippen molar-refractivity contribution in [1.29, 1.82) is 0 Å². The minimum atomic E-state index is -0.289. The number of aliphatic hydroxyl groups is 1. The van der Waals surface area contributed by atoms with Crippen LogP contribution in [0.2, 0.25) is 0 Å². The van der Waals surface area contributed by atoms with E-state index in [0.717, 1.165) is 11.1 Å². The highest BCUT2D eigenvalue weighted by atomic mass is 16.3. The Balaban J connectivity index is 2.13. The predicted molar refractivity (Wildman–Crippen MR) is 72.7 cm³/mol. The molecular formula is C16H22O. The molecule has 1 aliphatic carbocycles. The molecule has 0 radical (unpaired) electrons. The lowest BCUT2D eigenvalue weighted by atomic mass is 9.81. The van der Waals surface area contributed by atoms with E-state index in [0.29, 0.717) is 5.92 Å². The summed E-state index contributed by atoms with van der Waals surface area (Å²) in [5, 5.41) is 10.5. The predicted octanol–water partition coefficient (Wildman–Crippen LogP) is 4.03. The van der Waals surface area contributed by atoms with Gasteiger partial charge in [0.2, 0.25) is 0 Å². The summed E-state index contributed by atoms with van der Waals surface area (Å²) in [5.74, 6) is 0.454. The molecule has 17 heavy (non-hydrogen) atoms. The first-order valence-electron chi connectivity index (χ1n) is 6.72. The quantitative estimate of drug-likeness (QED) is 0.831. The van der Waals surface area contributed by atoms with E-state index in [-0.39, 0.29) is 6.10 Å². The molecule has 0 heterocycles. The van der Waals surface area contributed by atoms with Crippen LogP contribution in [0.25, 0.3) is 5.57 Å². The first-order chi connectivity index (χ1) is 8.33. The van der Waals surface area contributed by atoms with Crippen LogP contribution in [0.4, 0.5) is 0 Å². The highest BCUT2D eigenvalue weighted by Crippen LogP contribution is 2.32. The fourth-order valence-electron chi connectivity index (χ4n) is 2.84. The van der Waals surface area contributed by atoms with Gasteiger partial charge in [-0.2, -0.15) is 0 Å². The van der Waals surface area contributed by atoms with E-state index in [1.165, 1.54) is 32.1 Å². The minimum Gasteiger partial charge on any atom is -0.388 e. The second-order valence-corrected chi connectivity index (χ2v) is 4.95. The molecule has 1 heteroatoms. The van der Waals surface area contributed by atoms with E-state index < -0.39 is 0 Å². The molecule has 1 atom stereocenters. The number of allylic oxidation sites excluding steroid dienone is 1. The minimum absolute atomic E-state index is 0.289. The normalized spacial score (nSPS) is 20.2. The molecular weight excluding hydrogens is 208 g/mol. The number of hydrogen-bond donors (Lipinski definition) is 1. The van der Waals surface area contributed by atoms with E-state index in [4.69, 9.17) is 0 Å². The Labute approximate surface area is 104 Å². The van der Waals surface area contributed by atoms with Crippen LogP contribution in [-0.2, 0) is 0 Å². The van der Waals surface area contributed by atoms with Crippen LogP contribution in [0.3, 0.4) is 0 Å². The molecule has 1 aliphatic rings. The van der Waals surface area contributed by atoms with E-state index in [1.807, 2.05) is 25.1 Å². The molecule has 0 aromatic heterocycles. The van der Waals surface area contributed by atoms with Crippen molar-refractivity contribution < 1.29 is 5.11 Å². The summed E-state index contributed by atoms with van der Waals surface area (Å²) < 4.78 is 0. The fraction of sp³-hybridized carbons (Fsp3) is 0.500. The topological polar surface area (TPSA) is 20.2 Å². The summed E-state index contributed by atoms with van der Waals surface area (Å²) >= 11 is 0. The van der Waals surface area contributed by atoms with E-state index in [1.54, 1.807) is 0 Å². The summed E-state index contributed by atoms with van der Waals surface area (Å²) in [7, 11) is 0. The third-order valence-corrected chi connectivity index (χ3v) is 3.83. The zero-order valence-corrected chi connectivity index (χ0v) is 10.6. The third kappa shape index (κ3) is 2.98. The molecule has 0 amide bonds. The molecule has 1 aromatic carbocycles. The standard InChI is InChI=1S/C16H22O/c1-2-15(13-9-5-3-6-10-13)16(17)14-11-7-4-8-12-14/h2-3,5-6,9-10,14,16-17H,4,7-8,11-12H2,1H3/b15-2+. The van der Waals surface area contributed by atoms with Crippen LogP contribution >= 0.6 is 0 Å². The lowest BCUT2D eigenvalue weighted by Gasteiger charge is -2.28. The zero-order valence-electron chi connectivity index (χ0n) is 10.6. The Hall–Kier alpha value is -1.08. The first kappa shape index (κ1) is 12.4. The van der Waals surface area contributed by atoms with Crippen LogP contribution in [0.15, 0.2) is 36.4 Å². The Morgan fingerprint density at radius 1 is 1.18 bits per heavy atom. The second-order valence-electron chi connectivity index (χ2n) is 4.95. The van der Waals surface area contributed by atoms with Gasteiger partial charge >= 0.3 is 0 Å². The molecule has 0 saturated heterocycles. The molecule has 0 aliphatic heterocycles. The van der Waals surface area contributed by atoms with Crippen molar-refractivity contribution in [2.75, 3.05) is 0 Å². The molecule has 1 fully saturated rings. The Bertz CT molecular complexity index is 360. The van der Waals surface area contributed by atoms with Gasteiger partial charge in [-0.25, -0.2) is 0 Å². The van der Waals surface area contributed by atoms with E-state index >= 15 is 0 Å². The molecule has 0 bridgehead atoms.